The summed E-state index contributed by atoms with van der Waals surface area (Å²) in [6, 6.07) is 4.06. The number of pyridine rings is 1. The molecule has 0 atom stereocenters. The lowest BCUT2D eigenvalue weighted by atomic mass is 10.1. The van der Waals surface area contributed by atoms with Crippen LogP contribution in [0.2, 0.25) is 0 Å². The summed E-state index contributed by atoms with van der Waals surface area (Å²) < 4.78 is 0. The molecule has 0 spiro atoms. The predicted octanol–water partition coefficient (Wildman–Crippen LogP) is 2.19. The Kier molecular flexibility index (Phi) is 4.28. The van der Waals surface area contributed by atoms with Gasteiger partial charge in [-0.05, 0) is 24.5 Å². The van der Waals surface area contributed by atoms with Crippen molar-refractivity contribution in [3.05, 3.63) is 41.5 Å². The van der Waals surface area contributed by atoms with Crippen LogP contribution in [0.3, 0.4) is 0 Å². The largest absolute Gasteiger partial charge is 0.383 e. The van der Waals surface area contributed by atoms with E-state index in [4.69, 9.17) is 5.73 Å². The fourth-order valence-electron chi connectivity index (χ4n) is 2.05. The van der Waals surface area contributed by atoms with Gasteiger partial charge in [-0.15, -0.1) is 0 Å². The summed E-state index contributed by atoms with van der Waals surface area (Å²) in [5.41, 5.74) is 9.10. The van der Waals surface area contributed by atoms with Crippen LogP contribution in [0, 0.1) is 0 Å². The van der Waals surface area contributed by atoms with Crippen molar-refractivity contribution in [2.75, 3.05) is 11.1 Å². The molecule has 0 saturated carbocycles. The summed E-state index contributed by atoms with van der Waals surface area (Å²) in [6.07, 6.45) is 5.07. The minimum Gasteiger partial charge on any atom is -0.383 e. The second-order valence-corrected chi connectivity index (χ2v) is 4.26. The standard InChI is InChI=1S/C14H19N5/c1-3-10-6-5-7-16-12(10)8-17-14-11(4-2)13(15)18-9-19-14/h5-7,9H,3-4,8H2,1-2H3,(H3,15,17,18,19). The number of nitrogens with one attached hydrogen (secondary N) is 1. The van der Waals surface area contributed by atoms with E-state index < -0.39 is 0 Å². The van der Waals surface area contributed by atoms with E-state index in [1.165, 1.54) is 11.9 Å². The van der Waals surface area contributed by atoms with Crippen molar-refractivity contribution in [1.82, 2.24) is 15.0 Å². The summed E-state index contributed by atoms with van der Waals surface area (Å²) >= 11 is 0. The van der Waals surface area contributed by atoms with Crippen molar-refractivity contribution in [3.8, 4) is 0 Å². The molecular weight excluding hydrogens is 238 g/mol. The molecule has 0 amide bonds. The maximum Gasteiger partial charge on any atom is 0.135 e. The van der Waals surface area contributed by atoms with Gasteiger partial charge in [0, 0.05) is 11.8 Å². The van der Waals surface area contributed by atoms with Crippen molar-refractivity contribution in [3.63, 3.8) is 0 Å². The zero-order chi connectivity index (χ0) is 13.7. The van der Waals surface area contributed by atoms with E-state index in [9.17, 15) is 0 Å². The van der Waals surface area contributed by atoms with E-state index in [1.54, 1.807) is 0 Å². The summed E-state index contributed by atoms with van der Waals surface area (Å²) in [4.78, 5) is 12.7. The van der Waals surface area contributed by atoms with E-state index in [0.29, 0.717) is 12.4 Å². The SMILES string of the molecule is CCc1cccnc1CNc1ncnc(N)c1CC. The Bertz CT molecular complexity index is 553. The second-order valence-electron chi connectivity index (χ2n) is 4.26. The second kappa shape index (κ2) is 6.13. The zero-order valence-electron chi connectivity index (χ0n) is 11.3. The minimum atomic E-state index is 0.539. The van der Waals surface area contributed by atoms with Gasteiger partial charge in [0.15, 0.2) is 0 Å². The number of aryl methyl sites for hydroxylation is 1. The fraction of sp³-hybridized carbons (Fsp3) is 0.357. The number of nitrogens with two attached hydrogens (primary N) is 1. The molecule has 0 fully saturated rings. The molecule has 2 rings (SSSR count). The fourth-order valence-corrected chi connectivity index (χ4v) is 2.05. The van der Waals surface area contributed by atoms with Gasteiger partial charge < -0.3 is 11.1 Å². The number of nitrogens with zero attached hydrogens (tertiary/aromatic N) is 3. The van der Waals surface area contributed by atoms with E-state index in [-0.39, 0.29) is 0 Å². The van der Waals surface area contributed by atoms with Gasteiger partial charge >= 0.3 is 0 Å². The topological polar surface area (TPSA) is 76.7 Å². The third-order valence-corrected chi connectivity index (χ3v) is 3.12. The van der Waals surface area contributed by atoms with Crippen LogP contribution in [0.25, 0.3) is 0 Å². The highest BCUT2D eigenvalue weighted by Gasteiger charge is 2.08. The van der Waals surface area contributed by atoms with E-state index in [1.807, 2.05) is 19.2 Å². The highest BCUT2D eigenvalue weighted by molar-refractivity contribution is 5.55. The van der Waals surface area contributed by atoms with E-state index in [2.05, 4.69) is 33.3 Å². The molecule has 2 aromatic rings. The molecule has 3 N–H and O–H groups in total. The Labute approximate surface area is 113 Å². The van der Waals surface area contributed by atoms with Crippen molar-refractivity contribution < 1.29 is 0 Å². The lowest BCUT2D eigenvalue weighted by Gasteiger charge is -2.12. The first kappa shape index (κ1) is 13.3. The average molecular weight is 257 g/mol. The first-order valence-electron chi connectivity index (χ1n) is 6.52. The maximum atomic E-state index is 5.85. The molecule has 0 saturated heterocycles. The smallest absolute Gasteiger partial charge is 0.135 e. The first-order chi connectivity index (χ1) is 9.26. The summed E-state index contributed by atoms with van der Waals surface area (Å²) in [5.74, 6) is 1.33. The lowest BCUT2D eigenvalue weighted by Crippen LogP contribution is -2.10. The molecule has 5 heteroatoms. The van der Waals surface area contributed by atoms with Crippen LogP contribution in [0.1, 0.15) is 30.7 Å². The molecule has 0 aromatic carbocycles. The van der Waals surface area contributed by atoms with Gasteiger partial charge in [0.25, 0.3) is 0 Å². The quantitative estimate of drug-likeness (QED) is 0.858. The van der Waals surface area contributed by atoms with Gasteiger partial charge in [-0.3, -0.25) is 4.98 Å². The molecule has 0 aliphatic rings. The van der Waals surface area contributed by atoms with E-state index in [0.717, 1.165) is 29.9 Å². The van der Waals surface area contributed by atoms with Crippen LogP contribution >= 0.6 is 0 Å². The third kappa shape index (κ3) is 2.99. The molecule has 5 nitrogen and oxygen atoms in total. The molecular formula is C14H19N5. The van der Waals surface area contributed by atoms with Gasteiger partial charge in [0.05, 0.1) is 12.2 Å². The normalized spacial score (nSPS) is 10.4. The number of aromatic nitrogens is 3. The van der Waals surface area contributed by atoms with Crippen molar-refractivity contribution in [2.24, 2.45) is 0 Å². The van der Waals surface area contributed by atoms with Crippen molar-refractivity contribution in [2.45, 2.75) is 33.2 Å². The minimum absolute atomic E-state index is 0.539. The highest BCUT2D eigenvalue weighted by Crippen LogP contribution is 2.18. The zero-order valence-corrected chi connectivity index (χ0v) is 11.3. The average Bonchev–Trinajstić information content (AvgIpc) is 2.45. The molecule has 2 heterocycles. The number of hydrogen-bond donors (Lipinski definition) is 2. The predicted molar refractivity (Wildman–Crippen MR) is 76.8 cm³/mol. The maximum absolute atomic E-state index is 5.85. The summed E-state index contributed by atoms with van der Waals surface area (Å²) in [5, 5.41) is 3.30. The summed E-state index contributed by atoms with van der Waals surface area (Å²) in [7, 11) is 0. The Morgan fingerprint density at radius 2 is 2.00 bits per heavy atom. The number of anilines is 2. The van der Waals surface area contributed by atoms with Crippen molar-refractivity contribution in [1.29, 1.82) is 0 Å². The Morgan fingerprint density at radius 1 is 1.16 bits per heavy atom. The molecule has 100 valence electrons. The van der Waals surface area contributed by atoms with Gasteiger partial charge in [-0.2, -0.15) is 0 Å². The molecule has 0 bridgehead atoms. The molecule has 2 aromatic heterocycles. The van der Waals surface area contributed by atoms with Crippen LogP contribution < -0.4 is 11.1 Å². The number of nitrogen functional groups attached to an aromatic ring is 1. The van der Waals surface area contributed by atoms with Crippen LogP contribution in [0.4, 0.5) is 11.6 Å². The first-order valence-corrected chi connectivity index (χ1v) is 6.52. The molecule has 0 radical (unpaired) electrons. The number of rotatable bonds is 5. The van der Waals surface area contributed by atoms with Gasteiger partial charge in [-0.1, -0.05) is 19.9 Å². The Hall–Kier alpha value is -2.17. The third-order valence-electron chi connectivity index (χ3n) is 3.12. The molecule has 0 aliphatic heterocycles. The number of hydrogen-bond acceptors (Lipinski definition) is 5. The summed E-state index contributed by atoms with van der Waals surface area (Å²) in [6.45, 7) is 4.81. The van der Waals surface area contributed by atoms with Crippen LogP contribution in [0.15, 0.2) is 24.7 Å². The monoisotopic (exact) mass is 257 g/mol. The molecule has 19 heavy (non-hydrogen) atoms. The van der Waals surface area contributed by atoms with Crippen LogP contribution in [-0.2, 0) is 19.4 Å². The van der Waals surface area contributed by atoms with Crippen molar-refractivity contribution >= 4 is 11.6 Å². The van der Waals surface area contributed by atoms with Crippen LogP contribution in [-0.4, -0.2) is 15.0 Å². The van der Waals surface area contributed by atoms with Gasteiger partial charge in [0.1, 0.15) is 18.0 Å². The van der Waals surface area contributed by atoms with Crippen LogP contribution in [0.5, 0.6) is 0 Å². The molecule has 0 unspecified atom stereocenters. The highest BCUT2D eigenvalue weighted by atomic mass is 15.0. The van der Waals surface area contributed by atoms with E-state index >= 15 is 0 Å². The Morgan fingerprint density at radius 3 is 2.74 bits per heavy atom. The van der Waals surface area contributed by atoms with Gasteiger partial charge in [-0.25, -0.2) is 9.97 Å². The Balaban J connectivity index is 2.17. The lowest BCUT2D eigenvalue weighted by molar-refractivity contribution is 0.950. The van der Waals surface area contributed by atoms with Gasteiger partial charge in [0.2, 0.25) is 0 Å². The molecule has 0 aliphatic carbocycles.